The van der Waals surface area contributed by atoms with Crippen LogP contribution in [0, 0.1) is 41.9 Å². The summed E-state index contributed by atoms with van der Waals surface area (Å²) in [5.41, 5.74) is 6.73. The maximum atomic E-state index is 14.7. The summed E-state index contributed by atoms with van der Waals surface area (Å²) < 4.78 is 73.7. The van der Waals surface area contributed by atoms with Crippen molar-refractivity contribution in [3.63, 3.8) is 0 Å². The van der Waals surface area contributed by atoms with Gasteiger partial charge >= 0.3 is 0 Å². The summed E-state index contributed by atoms with van der Waals surface area (Å²) in [6.45, 7) is 10.4. The van der Waals surface area contributed by atoms with Crippen LogP contribution in [0.1, 0.15) is 44.0 Å². The summed E-state index contributed by atoms with van der Waals surface area (Å²) >= 11 is 0. The van der Waals surface area contributed by atoms with Gasteiger partial charge in [0, 0.05) is 24.7 Å². The minimum Gasteiger partial charge on any atom is -0.451 e. The molecule has 11 heteroatoms. The van der Waals surface area contributed by atoms with E-state index in [9.17, 15) is 22.0 Å². The predicted octanol–water partition coefficient (Wildman–Crippen LogP) is 5.96. The van der Waals surface area contributed by atoms with Crippen LogP contribution in [0.4, 0.5) is 27.8 Å². The third-order valence-corrected chi connectivity index (χ3v) is 5.32. The number of rotatable bonds is 4. The standard InChI is InChI=1S/C19H13F5N4O.C5H11N.C2H6/c1-8-14(19(25)28-7-27-8)17(26-2)10-4-3-9(5-11(10)20)29-18-15(23)12(21)6-13(22)16(18)24;1-5-2-3-6-4-5;1-2/h3-7H,1-2H3,(H2,25,27,28);5-6H,2-4H2,1H3;1-2H3/t;5-;/m.1./s1. The quantitative estimate of drug-likeness (QED) is 0.250. The molecule has 1 aliphatic heterocycles. The number of aromatic nitrogens is 2. The van der Waals surface area contributed by atoms with Crippen LogP contribution in [0.5, 0.6) is 11.5 Å². The molecule has 1 saturated heterocycles. The van der Waals surface area contributed by atoms with Gasteiger partial charge in [-0.2, -0.15) is 8.78 Å². The molecule has 0 unspecified atom stereocenters. The van der Waals surface area contributed by atoms with Gasteiger partial charge in [-0.25, -0.2) is 23.1 Å². The summed E-state index contributed by atoms with van der Waals surface area (Å²) in [6.07, 6.45) is 2.62. The van der Waals surface area contributed by atoms with Crippen LogP contribution in [0.25, 0.3) is 0 Å². The largest absolute Gasteiger partial charge is 0.451 e. The van der Waals surface area contributed by atoms with Gasteiger partial charge in [-0.1, -0.05) is 20.8 Å². The average molecular weight is 524 g/mol. The molecule has 1 aliphatic rings. The number of hydrogen-bond acceptors (Lipinski definition) is 6. The van der Waals surface area contributed by atoms with E-state index in [1.54, 1.807) is 6.92 Å². The van der Waals surface area contributed by atoms with Crippen molar-refractivity contribution in [2.45, 2.75) is 34.1 Å². The lowest BCUT2D eigenvalue weighted by molar-refractivity contribution is 0.365. The Hall–Kier alpha value is -3.60. The van der Waals surface area contributed by atoms with Crippen molar-refractivity contribution < 1.29 is 26.7 Å². The number of nitrogens with two attached hydrogens (primary N) is 1. The van der Waals surface area contributed by atoms with Crippen molar-refractivity contribution in [3.05, 3.63) is 76.5 Å². The molecule has 200 valence electrons. The first-order valence-corrected chi connectivity index (χ1v) is 11.7. The number of halogens is 5. The van der Waals surface area contributed by atoms with E-state index in [2.05, 4.69) is 27.2 Å². The second kappa shape index (κ2) is 13.6. The van der Waals surface area contributed by atoms with E-state index in [0.717, 1.165) is 18.1 Å². The number of aryl methyl sites for hydroxylation is 1. The molecule has 0 spiro atoms. The van der Waals surface area contributed by atoms with E-state index in [1.807, 2.05) is 13.8 Å². The molecule has 6 nitrogen and oxygen atoms in total. The monoisotopic (exact) mass is 523 g/mol. The molecule has 1 aromatic heterocycles. The van der Waals surface area contributed by atoms with Gasteiger partial charge in [-0.05, 0) is 44.5 Å². The first-order valence-electron chi connectivity index (χ1n) is 11.7. The van der Waals surface area contributed by atoms with E-state index in [-0.39, 0.29) is 23.2 Å². The van der Waals surface area contributed by atoms with E-state index >= 15 is 0 Å². The van der Waals surface area contributed by atoms with Crippen molar-refractivity contribution in [1.29, 1.82) is 0 Å². The molecule has 0 bridgehead atoms. The van der Waals surface area contributed by atoms with E-state index in [0.29, 0.717) is 11.3 Å². The highest BCUT2D eigenvalue weighted by Gasteiger charge is 2.23. The van der Waals surface area contributed by atoms with Crippen molar-refractivity contribution in [3.8, 4) is 11.5 Å². The molecule has 0 saturated carbocycles. The van der Waals surface area contributed by atoms with Gasteiger partial charge in [0.2, 0.25) is 17.4 Å². The van der Waals surface area contributed by atoms with Crippen LogP contribution in [0.3, 0.4) is 0 Å². The third kappa shape index (κ3) is 7.22. The van der Waals surface area contributed by atoms with Crippen LogP contribution in [-0.4, -0.2) is 35.8 Å². The Morgan fingerprint density at radius 1 is 1.03 bits per heavy atom. The molecule has 1 fully saturated rings. The first-order chi connectivity index (χ1) is 17.6. The molecule has 2 heterocycles. The zero-order chi connectivity index (χ0) is 27.7. The number of nitrogens with one attached hydrogen (secondary N) is 1. The van der Waals surface area contributed by atoms with Gasteiger partial charge in [0.05, 0.1) is 17.0 Å². The van der Waals surface area contributed by atoms with Crippen LogP contribution in [0.15, 0.2) is 35.6 Å². The normalized spacial score (nSPS) is 14.9. The van der Waals surface area contributed by atoms with Crippen molar-refractivity contribution in [1.82, 2.24) is 15.3 Å². The summed E-state index contributed by atoms with van der Waals surface area (Å²) in [4.78, 5) is 11.9. The Morgan fingerprint density at radius 3 is 2.14 bits per heavy atom. The van der Waals surface area contributed by atoms with Gasteiger partial charge in [0.25, 0.3) is 0 Å². The molecule has 4 rings (SSSR count). The Morgan fingerprint density at radius 2 is 1.68 bits per heavy atom. The van der Waals surface area contributed by atoms with Crippen molar-refractivity contribution in [2.24, 2.45) is 10.9 Å². The van der Waals surface area contributed by atoms with Gasteiger partial charge in [-0.3, -0.25) is 4.99 Å². The Balaban J connectivity index is 0.000000519. The lowest BCUT2D eigenvalue weighted by atomic mass is 10.0. The highest BCUT2D eigenvalue weighted by Crippen LogP contribution is 2.32. The summed E-state index contributed by atoms with van der Waals surface area (Å²) in [7, 11) is 1.41. The molecule has 0 aliphatic carbocycles. The summed E-state index contributed by atoms with van der Waals surface area (Å²) in [5, 5.41) is 3.27. The predicted molar refractivity (Wildman–Crippen MR) is 133 cm³/mol. The number of hydrogen-bond donors (Lipinski definition) is 2. The number of aliphatic imine (C=N–C) groups is 1. The average Bonchev–Trinajstić information content (AvgIpc) is 3.36. The molecule has 0 radical (unpaired) electrons. The maximum absolute atomic E-state index is 14.7. The van der Waals surface area contributed by atoms with Gasteiger partial charge in [0.15, 0.2) is 11.6 Å². The summed E-state index contributed by atoms with van der Waals surface area (Å²) in [5.74, 6) is -8.36. The Bertz CT molecular complexity index is 1200. The second-order valence-corrected chi connectivity index (χ2v) is 7.93. The van der Waals surface area contributed by atoms with Crippen LogP contribution < -0.4 is 15.8 Å². The summed E-state index contributed by atoms with van der Waals surface area (Å²) in [6, 6.07) is 3.20. The maximum Gasteiger partial charge on any atom is 0.204 e. The Labute approximate surface area is 212 Å². The SMILES string of the molecule is CC.CN=C(c1ccc(Oc2c(F)c(F)cc(F)c2F)cc1F)c1c(C)ncnc1N.C[C@@H]1CCNC1. The molecule has 3 N–H and O–H groups in total. The van der Waals surface area contributed by atoms with Crippen LogP contribution in [0.2, 0.25) is 0 Å². The van der Waals surface area contributed by atoms with Crippen LogP contribution in [-0.2, 0) is 0 Å². The molecular formula is C26H30F5N5O. The molecular weight excluding hydrogens is 493 g/mol. The fraction of sp³-hybridized carbons (Fsp3) is 0.346. The molecule has 37 heavy (non-hydrogen) atoms. The Kier molecular flexibility index (Phi) is 10.9. The zero-order valence-electron chi connectivity index (χ0n) is 21.3. The number of anilines is 1. The highest BCUT2D eigenvalue weighted by atomic mass is 19.2. The number of nitrogen functional groups attached to an aromatic ring is 1. The molecule has 2 aromatic carbocycles. The number of benzene rings is 2. The smallest absolute Gasteiger partial charge is 0.204 e. The van der Waals surface area contributed by atoms with Crippen molar-refractivity contribution in [2.75, 3.05) is 25.9 Å². The van der Waals surface area contributed by atoms with Gasteiger partial charge in [0.1, 0.15) is 23.7 Å². The van der Waals surface area contributed by atoms with Crippen molar-refractivity contribution >= 4 is 11.5 Å². The molecule has 0 amide bonds. The van der Waals surface area contributed by atoms with Gasteiger partial charge in [-0.15, -0.1) is 0 Å². The van der Waals surface area contributed by atoms with Crippen LogP contribution >= 0.6 is 0 Å². The first kappa shape index (κ1) is 29.6. The second-order valence-electron chi connectivity index (χ2n) is 7.93. The fourth-order valence-corrected chi connectivity index (χ4v) is 3.46. The number of ether oxygens (including phenoxy) is 1. The number of nitrogens with zero attached hydrogens (tertiary/aromatic N) is 3. The highest BCUT2D eigenvalue weighted by molar-refractivity contribution is 6.16. The third-order valence-electron chi connectivity index (χ3n) is 5.32. The lowest BCUT2D eigenvalue weighted by Crippen LogP contribution is -2.13. The van der Waals surface area contributed by atoms with E-state index < -0.39 is 40.6 Å². The van der Waals surface area contributed by atoms with E-state index in [1.165, 1.54) is 39.0 Å². The molecule has 3 aromatic rings. The lowest BCUT2D eigenvalue weighted by Gasteiger charge is -2.13. The topological polar surface area (TPSA) is 85.4 Å². The minimum absolute atomic E-state index is 0.0178. The minimum atomic E-state index is -1.74. The fourth-order valence-electron chi connectivity index (χ4n) is 3.46. The molecule has 1 atom stereocenters. The van der Waals surface area contributed by atoms with Gasteiger partial charge < -0.3 is 15.8 Å². The zero-order valence-corrected chi connectivity index (χ0v) is 21.3. The van der Waals surface area contributed by atoms with E-state index in [4.69, 9.17) is 10.5 Å².